The van der Waals surface area contributed by atoms with Crippen molar-refractivity contribution in [3.8, 4) is 0 Å². The Morgan fingerprint density at radius 1 is 1.36 bits per heavy atom. The fraction of sp³-hybridized carbons (Fsp3) is 0.579. The molecule has 2 amide bonds. The number of rotatable bonds is 6. The van der Waals surface area contributed by atoms with E-state index in [1.54, 1.807) is 17.0 Å². The van der Waals surface area contributed by atoms with Crippen LogP contribution in [0.25, 0.3) is 0 Å². The maximum Gasteiger partial charge on any atom is 0.272 e. The fourth-order valence-corrected chi connectivity index (χ4v) is 3.73. The quantitative estimate of drug-likeness (QED) is 0.488. The van der Waals surface area contributed by atoms with Crippen LogP contribution >= 0.6 is 11.6 Å². The van der Waals surface area contributed by atoms with E-state index in [2.05, 4.69) is 0 Å². The van der Waals surface area contributed by atoms with Crippen molar-refractivity contribution in [2.45, 2.75) is 39.3 Å². The maximum absolute atomic E-state index is 14.2. The molecule has 0 aromatic heterocycles. The lowest BCUT2D eigenvalue weighted by Gasteiger charge is -2.42. The van der Waals surface area contributed by atoms with E-state index in [9.17, 15) is 19.1 Å². The second-order valence-electron chi connectivity index (χ2n) is 7.58. The molecule has 0 aliphatic carbocycles. The summed E-state index contributed by atoms with van der Waals surface area (Å²) < 4.78 is 14.2. The third-order valence-corrected chi connectivity index (χ3v) is 5.20. The summed E-state index contributed by atoms with van der Waals surface area (Å²) in [5.74, 6) is -2.68. The van der Waals surface area contributed by atoms with Gasteiger partial charge in [-0.25, -0.2) is 9.87 Å². The SMILES string of the molecule is CC(C)C[C@H](C(=O)N1CCN(c2ccc(Cl)cc2F)C[C@H]1C)C(O)C(=O)NO. The topological polar surface area (TPSA) is 93.1 Å². The van der Waals surface area contributed by atoms with E-state index in [4.69, 9.17) is 16.8 Å². The van der Waals surface area contributed by atoms with E-state index >= 15 is 0 Å². The van der Waals surface area contributed by atoms with Crippen LogP contribution < -0.4 is 10.4 Å². The molecule has 7 nitrogen and oxygen atoms in total. The zero-order chi connectivity index (χ0) is 21.0. The van der Waals surface area contributed by atoms with Crippen molar-refractivity contribution in [2.75, 3.05) is 24.5 Å². The average molecular weight is 416 g/mol. The monoisotopic (exact) mass is 415 g/mol. The van der Waals surface area contributed by atoms with Crippen LogP contribution in [0.1, 0.15) is 27.2 Å². The largest absolute Gasteiger partial charge is 0.382 e. The molecule has 1 aliphatic rings. The molecule has 0 radical (unpaired) electrons. The molecule has 2 rings (SSSR count). The molecule has 1 unspecified atom stereocenters. The summed E-state index contributed by atoms with van der Waals surface area (Å²) >= 11 is 5.81. The first kappa shape index (κ1) is 22.4. The molecule has 0 spiro atoms. The van der Waals surface area contributed by atoms with Crippen LogP contribution in [0.2, 0.25) is 5.02 Å². The molecule has 9 heteroatoms. The van der Waals surface area contributed by atoms with E-state index in [0.717, 1.165) is 0 Å². The predicted octanol–water partition coefficient (Wildman–Crippen LogP) is 2.04. The summed E-state index contributed by atoms with van der Waals surface area (Å²) in [7, 11) is 0. The minimum absolute atomic E-state index is 0.0647. The number of carbonyl (C=O) groups excluding carboxylic acids is 2. The van der Waals surface area contributed by atoms with Gasteiger partial charge in [-0.2, -0.15) is 0 Å². The molecular weight excluding hydrogens is 389 g/mol. The number of aliphatic hydroxyl groups excluding tert-OH is 1. The Morgan fingerprint density at radius 2 is 2.04 bits per heavy atom. The van der Waals surface area contributed by atoms with Crippen molar-refractivity contribution in [3.63, 3.8) is 0 Å². The molecular formula is C19H27ClFN3O4. The number of piperazine rings is 1. The molecule has 0 bridgehead atoms. The van der Waals surface area contributed by atoms with Crippen molar-refractivity contribution in [1.82, 2.24) is 10.4 Å². The number of nitrogens with zero attached hydrogens (tertiary/aromatic N) is 2. The zero-order valence-corrected chi connectivity index (χ0v) is 17.0. The Labute approximate surface area is 169 Å². The minimum Gasteiger partial charge on any atom is -0.382 e. The van der Waals surface area contributed by atoms with Gasteiger partial charge in [0.2, 0.25) is 5.91 Å². The van der Waals surface area contributed by atoms with Gasteiger partial charge in [0.05, 0.1) is 11.6 Å². The smallest absolute Gasteiger partial charge is 0.272 e. The van der Waals surface area contributed by atoms with Crippen LogP contribution in [0.15, 0.2) is 18.2 Å². The Kier molecular flexibility index (Phi) is 7.63. The van der Waals surface area contributed by atoms with Crippen LogP contribution in [0.3, 0.4) is 0 Å². The van der Waals surface area contributed by atoms with Gasteiger partial charge in [-0.05, 0) is 37.5 Å². The Hall–Kier alpha value is -1.90. The van der Waals surface area contributed by atoms with Crippen LogP contribution in [-0.2, 0) is 9.59 Å². The van der Waals surface area contributed by atoms with Crippen LogP contribution in [0.4, 0.5) is 10.1 Å². The highest BCUT2D eigenvalue weighted by Gasteiger charge is 2.38. The summed E-state index contributed by atoms with van der Waals surface area (Å²) in [6.45, 7) is 6.74. The van der Waals surface area contributed by atoms with Crippen LogP contribution in [0.5, 0.6) is 0 Å². The Bertz CT molecular complexity index is 718. The third-order valence-electron chi connectivity index (χ3n) is 4.96. The second kappa shape index (κ2) is 9.54. The molecule has 1 heterocycles. The molecule has 1 aromatic carbocycles. The van der Waals surface area contributed by atoms with Gasteiger partial charge in [0.25, 0.3) is 5.91 Å². The summed E-state index contributed by atoms with van der Waals surface area (Å²) in [5, 5.41) is 19.3. The van der Waals surface area contributed by atoms with Gasteiger partial charge in [0.15, 0.2) is 0 Å². The van der Waals surface area contributed by atoms with Gasteiger partial charge in [-0.1, -0.05) is 25.4 Å². The first-order valence-electron chi connectivity index (χ1n) is 9.28. The first-order valence-corrected chi connectivity index (χ1v) is 9.66. The van der Waals surface area contributed by atoms with E-state index in [-0.39, 0.29) is 17.9 Å². The molecule has 1 saturated heterocycles. The van der Waals surface area contributed by atoms with E-state index in [0.29, 0.717) is 36.8 Å². The highest BCUT2D eigenvalue weighted by Crippen LogP contribution is 2.27. The first-order chi connectivity index (χ1) is 13.1. The summed E-state index contributed by atoms with van der Waals surface area (Å²) in [6, 6.07) is 4.22. The van der Waals surface area contributed by atoms with Crippen molar-refractivity contribution in [3.05, 3.63) is 29.0 Å². The number of anilines is 1. The lowest BCUT2D eigenvalue weighted by Crippen LogP contribution is -2.57. The maximum atomic E-state index is 14.2. The minimum atomic E-state index is -1.64. The zero-order valence-electron chi connectivity index (χ0n) is 16.2. The number of nitrogens with one attached hydrogen (secondary N) is 1. The number of hydrogen-bond acceptors (Lipinski definition) is 5. The van der Waals surface area contributed by atoms with Gasteiger partial charge in [0, 0.05) is 30.7 Å². The van der Waals surface area contributed by atoms with Gasteiger partial charge in [0.1, 0.15) is 11.9 Å². The summed E-state index contributed by atoms with van der Waals surface area (Å²) in [5.41, 5.74) is 1.82. The van der Waals surface area contributed by atoms with Crippen molar-refractivity contribution < 1.29 is 24.3 Å². The third kappa shape index (κ3) is 5.12. The molecule has 0 saturated carbocycles. The lowest BCUT2D eigenvalue weighted by molar-refractivity contribution is -0.152. The summed E-state index contributed by atoms with van der Waals surface area (Å²) in [4.78, 5) is 28.2. The van der Waals surface area contributed by atoms with E-state index < -0.39 is 23.7 Å². The lowest BCUT2D eigenvalue weighted by atomic mass is 9.89. The molecule has 3 atom stereocenters. The van der Waals surface area contributed by atoms with Crippen molar-refractivity contribution in [1.29, 1.82) is 0 Å². The van der Waals surface area contributed by atoms with E-state index in [1.165, 1.54) is 11.5 Å². The van der Waals surface area contributed by atoms with Crippen molar-refractivity contribution >= 4 is 29.1 Å². The van der Waals surface area contributed by atoms with E-state index in [1.807, 2.05) is 25.7 Å². The fourth-order valence-electron chi connectivity index (χ4n) is 3.58. The number of carbonyl (C=O) groups is 2. The number of hydroxylamine groups is 1. The van der Waals surface area contributed by atoms with Crippen LogP contribution in [0, 0.1) is 17.7 Å². The van der Waals surface area contributed by atoms with Crippen LogP contribution in [-0.4, -0.2) is 58.8 Å². The second-order valence-corrected chi connectivity index (χ2v) is 8.02. The van der Waals surface area contributed by atoms with Gasteiger partial charge in [-0.15, -0.1) is 0 Å². The number of halogens is 2. The number of benzene rings is 1. The summed E-state index contributed by atoms with van der Waals surface area (Å²) in [6.07, 6.45) is -1.34. The molecule has 1 fully saturated rings. The highest BCUT2D eigenvalue weighted by atomic mass is 35.5. The molecule has 28 heavy (non-hydrogen) atoms. The standard InChI is InChI=1S/C19H27ClFN3O4/c1-11(2)8-14(17(25)18(26)22-28)19(27)24-7-6-23(10-12(24)3)16-5-4-13(20)9-15(16)21/h4-5,9,11-12,14,17,25,28H,6-8,10H2,1-3H3,(H,22,26)/t12-,14+,17?/m1/s1. The predicted molar refractivity (Wildman–Crippen MR) is 104 cm³/mol. The molecule has 1 aliphatic heterocycles. The normalized spacial score (nSPS) is 19.5. The molecule has 156 valence electrons. The number of hydrogen-bond donors (Lipinski definition) is 3. The highest BCUT2D eigenvalue weighted by molar-refractivity contribution is 6.30. The Balaban J connectivity index is 2.14. The number of amides is 2. The molecule has 3 N–H and O–H groups in total. The van der Waals surface area contributed by atoms with Gasteiger partial charge >= 0.3 is 0 Å². The van der Waals surface area contributed by atoms with Gasteiger partial charge < -0.3 is 14.9 Å². The van der Waals surface area contributed by atoms with Gasteiger partial charge in [-0.3, -0.25) is 14.8 Å². The van der Waals surface area contributed by atoms with Crippen molar-refractivity contribution in [2.24, 2.45) is 11.8 Å². The number of aliphatic hydroxyl groups is 1. The average Bonchev–Trinajstić information content (AvgIpc) is 2.64. The molecule has 1 aromatic rings. The Morgan fingerprint density at radius 3 is 2.57 bits per heavy atom.